The highest BCUT2D eigenvalue weighted by Gasteiger charge is 2.30. The molecule has 1 atom stereocenters. The predicted molar refractivity (Wildman–Crippen MR) is 90.5 cm³/mol. The number of carbonyl (C=O) groups is 2. The van der Waals surface area contributed by atoms with E-state index in [0.717, 1.165) is 11.1 Å². The lowest BCUT2D eigenvalue weighted by atomic mass is 9.82. The number of hydrogen-bond acceptors (Lipinski definition) is 4. The molecule has 1 aliphatic carbocycles. The number of aliphatic hydroxyl groups excluding tert-OH is 1. The number of halogens is 1. The summed E-state index contributed by atoms with van der Waals surface area (Å²) in [6.07, 6.45) is 1.00. The van der Waals surface area contributed by atoms with Gasteiger partial charge >= 0.3 is 0 Å². The number of hydrogen-bond donors (Lipinski definition) is 1. The number of aryl methyl sites for hydroxylation is 1. The number of alkyl halides is 1. The van der Waals surface area contributed by atoms with Crippen molar-refractivity contribution < 1.29 is 19.4 Å². The van der Waals surface area contributed by atoms with Crippen LogP contribution in [0.3, 0.4) is 0 Å². The van der Waals surface area contributed by atoms with Gasteiger partial charge in [-0.3, -0.25) is 9.59 Å². The Morgan fingerprint density at radius 1 is 1.22 bits per heavy atom. The summed E-state index contributed by atoms with van der Waals surface area (Å²) in [5.41, 5.74) is 3.20. The van der Waals surface area contributed by atoms with E-state index >= 15 is 0 Å². The van der Waals surface area contributed by atoms with Crippen molar-refractivity contribution in [3.8, 4) is 5.75 Å². The Hall–Kier alpha value is -1.65. The fourth-order valence-electron chi connectivity index (χ4n) is 2.80. The fraction of sp³-hybridized carbons (Fsp3) is 0.444. The molecule has 23 heavy (non-hydrogen) atoms. The molecule has 0 heterocycles. The lowest BCUT2D eigenvalue weighted by Crippen LogP contribution is -2.24. The van der Waals surface area contributed by atoms with E-state index in [1.807, 2.05) is 13.8 Å². The molecule has 0 saturated heterocycles. The van der Waals surface area contributed by atoms with E-state index in [4.69, 9.17) is 16.3 Å². The second kappa shape index (κ2) is 6.85. The van der Waals surface area contributed by atoms with Crippen molar-refractivity contribution in [1.82, 2.24) is 0 Å². The van der Waals surface area contributed by atoms with Gasteiger partial charge in [-0.15, -0.1) is 11.6 Å². The Bertz CT molecular complexity index is 689. The molecule has 0 spiro atoms. The number of fused-ring (bicyclic) bond motifs is 1. The topological polar surface area (TPSA) is 63.6 Å². The molecule has 0 bridgehead atoms. The first kappa shape index (κ1) is 17.7. The van der Waals surface area contributed by atoms with Crippen molar-refractivity contribution in [1.29, 1.82) is 0 Å². The van der Waals surface area contributed by atoms with Gasteiger partial charge in [0.25, 0.3) is 0 Å². The van der Waals surface area contributed by atoms with Crippen LogP contribution >= 0.6 is 11.6 Å². The van der Waals surface area contributed by atoms with E-state index in [-0.39, 0.29) is 18.4 Å². The maximum atomic E-state index is 12.4. The molecule has 1 unspecified atom stereocenters. The van der Waals surface area contributed by atoms with Crippen molar-refractivity contribution in [3.63, 3.8) is 0 Å². The van der Waals surface area contributed by atoms with Crippen molar-refractivity contribution >= 4 is 29.2 Å². The molecule has 1 aromatic rings. The van der Waals surface area contributed by atoms with E-state index < -0.39 is 17.7 Å². The van der Waals surface area contributed by atoms with Crippen molar-refractivity contribution in [2.75, 3.05) is 12.5 Å². The van der Waals surface area contributed by atoms with Crippen LogP contribution in [0, 0.1) is 6.92 Å². The third-order valence-electron chi connectivity index (χ3n) is 3.91. The van der Waals surface area contributed by atoms with Gasteiger partial charge < -0.3 is 9.84 Å². The third kappa shape index (κ3) is 3.33. The normalized spacial score (nSPS) is 15.5. The lowest BCUT2D eigenvalue weighted by molar-refractivity contribution is -0.111. The highest BCUT2D eigenvalue weighted by Crippen LogP contribution is 2.38. The van der Waals surface area contributed by atoms with Gasteiger partial charge in [0.15, 0.2) is 0 Å². The quantitative estimate of drug-likeness (QED) is 0.662. The summed E-state index contributed by atoms with van der Waals surface area (Å²) in [5, 5.41) is 9.61. The smallest absolute Gasteiger partial charge is 0.234 e. The van der Waals surface area contributed by atoms with Crippen LogP contribution in [0.15, 0.2) is 11.6 Å². The second-order valence-corrected chi connectivity index (χ2v) is 6.46. The number of aliphatic hydroxyl groups is 1. The summed E-state index contributed by atoms with van der Waals surface area (Å²) < 4.78 is 5.74. The molecule has 4 nitrogen and oxygen atoms in total. The Kier molecular flexibility index (Phi) is 5.27. The van der Waals surface area contributed by atoms with Crippen LogP contribution in [-0.4, -0.2) is 35.3 Å². The van der Waals surface area contributed by atoms with E-state index in [9.17, 15) is 14.7 Å². The summed E-state index contributed by atoms with van der Waals surface area (Å²) in [6.45, 7) is 7.51. The molecule has 1 aromatic carbocycles. The highest BCUT2D eigenvalue weighted by molar-refractivity contribution is 6.52. The van der Waals surface area contributed by atoms with Gasteiger partial charge in [0.1, 0.15) is 18.5 Å². The summed E-state index contributed by atoms with van der Waals surface area (Å²) in [4.78, 5) is 24.3. The Labute approximate surface area is 141 Å². The largest absolute Gasteiger partial charge is 0.491 e. The molecule has 2 rings (SSSR count). The SMILES string of the molecule is CC1=Cc2c(c(C)cc(OCC(O)CCl)c2C(C)C)C(=O)C1=O. The van der Waals surface area contributed by atoms with E-state index in [1.54, 1.807) is 26.0 Å². The maximum absolute atomic E-state index is 12.4. The average molecular weight is 337 g/mol. The zero-order chi connectivity index (χ0) is 17.3. The molecule has 0 saturated carbocycles. The van der Waals surface area contributed by atoms with Crippen molar-refractivity contribution in [2.45, 2.75) is 39.7 Å². The number of Topliss-reactive ketones (excluding diaryl/α,β-unsaturated/α-hetero) is 2. The zero-order valence-electron chi connectivity index (χ0n) is 13.8. The summed E-state index contributed by atoms with van der Waals surface area (Å²) >= 11 is 5.60. The minimum atomic E-state index is -0.756. The van der Waals surface area contributed by atoms with Gasteiger partial charge in [-0.05, 0) is 43.0 Å². The van der Waals surface area contributed by atoms with Gasteiger partial charge in [-0.25, -0.2) is 0 Å². The summed E-state index contributed by atoms with van der Waals surface area (Å²) in [6, 6.07) is 1.76. The molecular weight excluding hydrogens is 316 g/mol. The van der Waals surface area contributed by atoms with E-state index in [1.165, 1.54) is 0 Å². The highest BCUT2D eigenvalue weighted by atomic mass is 35.5. The van der Waals surface area contributed by atoms with Crippen LogP contribution in [0.4, 0.5) is 0 Å². The Morgan fingerprint density at radius 2 is 1.87 bits per heavy atom. The molecular formula is C18H21ClO4. The minimum Gasteiger partial charge on any atom is -0.491 e. The fourth-order valence-corrected chi connectivity index (χ4v) is 2.89. The molecule has 0 aromatic heterocycles. The van der Waals surface area contributed by atoms with Gasteiger partial charge in [0.05, 0.1) is 5.88 Å². The molecule has 5 heteroatoms. The van der Waals surface area contributed by atoms with Crippen LogP contribution in [0.1, 0.15) is 53.7 Å². The molecule has 0 amide bonds. The molecule has 1 N–H and O–H groups in total. The van der Waals surface area contributed by atoms with Crippen LogP contribution in [0.25, 0.3) is 6.08 Å². The number of rotatable bonds is 5. The number of carbonyl (C=O) groups excluding carboxylic acids is 2. The van der Waals surface area contributed by atoms with E-state index in [0.29, 0.717) is 22.4 Å². The molecule has 0 fully saturated rings. The lowest BCUT2D eigenvalue weighted by Gasteiger charge is -2.24. The molecule has 124 valence electrons. The summed E-state index contributed by atoms with van der Waals surface area (Å²) in [5.74, 6) is -0.120. The summed E-state index contributed by atoms with van der Waals surface area (Å²) in [7, 11) is 0. The van der Waals surface area contributed by atoms with Gasteiger partial charge in [-0.2, -0.15) is 0 Å². The number of allylic oxidation sites excluding steroid dienone is 1. The number of ether oxygens (including phenoxy) is 1. The van der Waals surface area contributed by atoms with Crippen LogP contribution in [-0.2, 0) is 4.79 Å². The molecule has 0 radical (unpaired) electrons. The van der Waals surface area contributed by atoms with Crippen LogP contribution in [0.5, 0.6) is 5.75 Å². The second-order valence-electron chi connectivity index (χ2n) is 6.15. The van der Waals surface area contributed by atoms with Crippen LogP contribution in [0.2, 0.25) is 0 Å². The first-order chi connectivity index (χ1) is 10.8. The minimum absolute atomic E-state index is 0.0804. The first-order valence-corrected chi connectivity index (χ1v) is 8.13. The predicted octanol–water partition coefficient (Wildman–Crippen LogP) is 3.27. The number of benzene rings is 1. The number of ketones is 2. The average Bonchev–Trinajstić information content (AvgIpc) is 2.49. The maximum Gasteiger partial charge on any atom is 0.234 e. The standard InChI is InChI=1S/C18H21ClO4/c1-9(2)15-13-5-11(4)17(21)18(22)16(13)10(3)6-14(15)23-8-12(20)7-19/h5-6,9,12,20H,7-8H2,1-4H3. The zero-order valence-corrected chi connectivity index (χ0v) is 14.5. The molecule has 0 aliphatic heterocycles. The first-order valence-electron chi connectivity index (χ1n) is 7.59. The monoisotopic (exact) mass is 336 g/mol. The van der Waals surface area contributed by atoms with Crippen molar-refractivity contribution in [3.05, 3.63) is 33.9 Å². The van der Waals surface area contributed by atoms with Gasteiger partial charge in [0, 0.05) is 16.7 Å². The molecule has 1 aliphatic rings. The Morgan fingerprint density at radius 3 is 2.43 bits per heavy atom. The van der Waals surface area contributed by atoms with Crippen molar-refractivity contribution in [2.24, 2.45) is 0 Å². The van der Waals surface area contributed by atoms with E-state index in [2.05, 4.69) is 0 Å². The van der Waals surface area contributed by atoms with Crippen LogP contribution < -0.4 is 4.74 Å². The van der Waals surface area contributed by atoms with Gasteiger partial charge in [0.2, 0.25) is 11.6 Å². The Balaban J connectivity index is 2.61. The third-order valence-corrected chi connectivity index (χ3v) is 4.26. The van der Waals surface area contributed by atoms with Gasteiger partial charge in [-0.1, -0.05) is 13.8 Å².